The van der Waals surface area contributed by atoms with E-state index >= 15 is 0 Å². The van der Waals surface area contributed by atoms with E-state index in [1.807, 2.05) is 0 Å². The third-order valence-corrected chi connectivity index (χ3v) is 11.6. The van der Waals surface area contributed by atoms with Crippen LogP contribution in [0.2, 0.25) is 0 Å². The van der Waals surface area contributed by atoms with Gasteiger partial charge in [-0.05, 0) is 122 Å². The summed E-state index contributed by atoms with van der Waals surface area (Å²) in [4.78, 5) is 48.4. The first-order chi connectivity index (χ1) is 34.2. The van der Waals surface area contributed by atoms with Crippen LogP contribution in [0.25, 0.3) is 0 Å². The number of carbonyl (C=O) groups is 3. The Hall–Kier alpha value is -3.86. The molecule has 0 bridgehead atoms. The smallest absolute Gasteiger partial charge is 0.462 e. The SMILES string of the molecule is CC/C=C\C/C=C\C/C=C\C/C=C\CCCCC(=O)OC(CO)COP(=O)(O)OCC(COC(=O)CCCCCCC/C=C\CCCCCC)OC(=O)CCCC/C=C\C/C=C\C/C=C\C/C=C\CC. The Kier molecular flexibility index (Phi) is 48.7. The Morgan fingerprint density at radius 1 is 0.414 bits per heavy atom. The number of aliphatic hydroxyl groups excluding tert-OH is 1. The molecule has 0 rings (SSSR count). The predicted molar refractivity (Wildman–Crippen MR) is 288 cm³/mol. The maximum atomic E-state index is 12.9. The molecule has 398 valence electrons. The Balaban J connectivity index is 4.86. The van der Waals surface area contributed by atoms with Crippen molar-refractivity contribution >= 4 is 25.7 Å². The average molecular weight is 999 g/mol. The summed E-state index contributed by atoms with van der Waals surface area (Å²) in [5, 5.41) is 9.78. The number of phosphoric acid groups is 1. The van der Waals surface area contributed by atoms with Crippen LogP contribution in [0.3, 0.4) is 0 Å². The number of unbranched alkanes of at least 4 members (excludes halogenated alkanes) is 13. The van der Waals surface area contributed by atoms with Crippen molar-refractivity contribution in [3.63, 3.8) is 0 Å². The lowest BCUT2D eigenvalue weighted by Crippen LogP contribution is -2.30. The van der Waals surface area contributed by atoms with Crippen molar-refractivity contribution in [3.8, 4) is 0 Å². The summed E-state index contributed by atoms with van der Waals surface area (Å²) in [6.07, 6.45) is 60.6. The Morgan fingerprint density at radius 3 is 1.19 bits per heavy atom. The van der Waals surface area contributed by atoms with Gasteiger partial charge in [0.2, 0.25) is 0 Å². The van der Waals surface area contributed by atoms with Gasteiger partial charge in [-0.1, -0.05) is 169 Å². The summed E-state index contributed by atoms with van der Waals surface area (Å²) < 4.78 is 39.3. The van der Waals surface area contributed by atoms with Crippen molar-refractivity contribution in [2.24, 2.45) is 0 Å². The second-order valence-corrected chi connectivity index (χ2v) is 18.7. The van der Waals surface area contributed by atoms with Gasteiger partial charge in [-0.15, -0.1) is 0 Å². The maximum Gasteiger partial charge on any atom is 0.472 e. The highest BCUT2D eigenvalue weighted by Crippen LogP contribution is 2.43. The fraction of sp³-hybridized carbons (Fsp3) is 0.638. The molecule has 0 fully saturated rings. The van der Waals surface area contributed by atoms with Crippen LogP contribution in [0.15, 0.2) is 109 Å². The molecule has 0 amide bonds. The number of hydrogen-bond acceptors (Lipinski definition) is 10. The van der Waals surface area contributed by atoms with Gasteiger partial charge in [0.15, 0.2) is 6.10 Å². The zero-order chi connectivity index (χ0) is 51.3. The zero-order valence-electron chi connectivity index (χ0n) is 43.7. The minimum Gasteiger partial charge on any atom is -0.462 e. The predicted octanol–water partition coefficient (Wildman–Crippen LogP) is 15.5. The first-order valence-corrected chi connectivity index (χ1v) is 28.3. The van der Waals surface area contributed by atoms with Gasteiger partial charge in [0, 0.05) is 19.3 Å². The maximum absolute atomic E-state index is 12.9. The highest BCUT2D eigenvalue weighted by molar-refractivity contribution is 7.47. The van der Waals surface area contributed by atoms with E-state index in [0.29, 0.717) is 19.3 Å². The van der Waals surface area contributed by atoms with Crippen molar-refractivity contribution < 1.29 is 52.2 Å². The Labute approximate surface area is 425 Å². The summed E-state index contributed by atoms with van der Waals surface area (Å²) in [6.45, 7) is 4.27. The molecule has 2 N–H and O–H groups in total. The molecule has 0 saturated heterocycles. The summed E-state index contributed by atoms with van der Waals surface area (Å²) in [5.41, 5.74) is 0. The van der Waals surface area contributed by atoms with Crippen molar-refractivity contribution in [1.29, 1.82) is 0 Å². The third-order valence-electron chi connectivity index (χ3n) is 10.7. The standard InChI is InChI=1S/C58H95O11P/c1-4-7-10-13-16-19-22-25-27-30-33-36-39-42-45-48-57(61)68-54(50-59)52-66-70(63,64)67-53-55(51-65-56(60)47-44-41-38-35-32-29-24-21-18-15-12-9-6-3)69-58(62)49-46-43-40-37-34-31-28-26-23-20-17-14-11-8-5-2/h7-8,10-11,16-17,19-21,24-28,33-34,36-37,54-55,59H,4-6,9,12-15,18,22-23,29-32,35,38-53H2,1-3H3,(H,63,64)/b10-7-,11-8-,19-16-,20-17-,24-21-,27-25-,28-26-,36-33-,37-34-. The molecule has 0 aliphatic heterocycles. The molecule has 0 spiro atoms. The van der Waals surface area contributed by atoms with Crippen LogP contribution < -0.4 is 0 Å². The van der Waals surface area contributed by atoms with Gasteiger partial charge in [0.05, 0.1) is 19.8 Å². The first-order valence-electron chi connectivity index (χ1n) is 26.8. The number of esters is 3. The topological polar surface area (TPSA) is 155 Å². The molecular weight excluding hydrogens is 904 g/mol. The number of rotatable bonds is 48. The van der Waals surface area contributed by atoms with E-state index in [1.54, 1.807) is 0 Å². The lowest BCUT2D eigenvalue weighted by molar-refractivity contribution is -0.161. The van der Waals surface area contributed by atoms with Crippen LogP contribution in [-0.2, 0) is 42.2 Å². The summed E-state index contributed by atoms with van der Waals surface area (Å²) >= 11 is 0. The molecule has 0 aromatic carbocycles. The molecule has 0 aliphatic carbocycles. The van der Waals surface area contributed by atoms with Crippen molar-refractivity contribution in [2.45, 2.75) is 213 Å². The van der Waals surface area contributed by atoms with Crippen LogP contribution in [0.4, 0.5) is 0 Å². The number of carbonyl (C=O) groups excluding carboxylic acids is 3. The van der Waals surface area contributed by atoms with Crippen LogP contribution in [0, 0.1) is 0 Å². The highest BCUT2D eigenvalue weighted by atomic mass is 31.2. The third kappa shape index (κ3) is 49.1. The molecular formula is C58H95O11P. The lowest BCUT2D eigenvalue weighted by atomic mass is 10.1. The fourth-order valence-corrected chi connectivity index (χ4v) is 7.41. The van der Waals surface area contributed by atoms with Gasteiger partial charge >= 0.3 is 25.7 Å². The molecule has 0 aliphatic rings. The molecule has 12 heteroatoms. The molecule has 0 aromatic rings. The fourth-order valence-electron chi connectivity index (χ4n) is 6.62. The van der Waals surface area contributed by atoms with Gasteiger partial charge in [-0.2, -0.15) is 0 Å². The Bertz CT molecular complexity index is 1590. The second kappa shape index (κ2) is 51.5. The van der Waals surface area contributed by atoms with E-state index in [0.717, 1.165) is 116 Å². The van der Waals surface area contributed by atoms with E-state index in [1.165, 1.54) is 25.7 Å². The molecule has 0 aromatic heterocycles. The van der Waals surface area contributed by atoms with E-state index in [-0.39, 0.29) is 25.9 Å². The van der Waals surface area contributed by atoms with Crippen molar-refractivity contribution in [1.82, 2.24) is 0 Å². The molecule has 3 unspecified atom stereocenters. The summed E-state index contributed by atoms with van der Waals surface area (Å²) in [6, 6.07) is 0. The van der Waals surface area contributed by atoms with Gasteiger partial charge < -0.3 is 24.2 Å². The highest BCUT2D eigenvalue weighted by Gasteiger charge is 2.28. The number of allylic oxidation sites excluding steroid dienone is 18. The van der Waals surface area contributed by atoms with Crippen LogP contribution in [0.1, 0.15) is 201 Å². The summed E-state index contributed by atoms with van der Waals surface area (Å²) in [5.74, 6) is -1.58. The van der Waals surface area contributed by atoms with Gasteiger partial charge in [-0.3, -0.25) is 23.4 Å². The minimum atomic E-state index is -4.77. The zero-order valence-corrected chi connectivity index (χ0v) is 44.6. The quantitative estimate of drug-likeness (QED) is 0.0197. The molecule has 0 heterocycles. The van der Waals surface area contributed by atoms with Gasteiger partial charge in [-0.25, -0.2) is 4.57 Å². The average Bonchev–Trinajstić information content (AvgIpc) is 3.35. The second-order valence-electron chi connectivity index (χ2n) is 17.3. The van der Waals surface area contributed by atoms with E-state index < -0.39 is 57.8 Å². The number of hydrogen-bond donors (Lipinski definition) is 2. The molecule has 11 nitrogen and oxygen atoms in total. The molecule has 3 atom stereocenters. The van der Waals surface area contributed by atoms with Crippen molar-refractivity contribution in [2.75, 3.05) is 26.4 Å². The molecule has 0 saturated carbocycles. The normalized spacial score (nSPS) is 14.3. The molecule has 0 radical (unpaired) electrons. The van der Waals surface area contributed by atoms with Crippen molar-refractivity contribution in [3.05, 3.63) is 109 Å². The molecule has 70 heavy (non-hydrogen) atoms. The monoisotopic (exact) mass is 999 g/mol. The van der Waals surface area contributed by atoms with E-state index in [9.17, 15) is 28.9 Å². The lowest BCUT2D eigenvalue weighted by Gasteiger charge is -2.21. The van der Waals surface area contributed by atoms with E-state index in [4.69, 9.17) is 23.3 Å². The number of aliphatic hydroxyl groups is 1. The van der Waals surface area contributed by atoms with Gasteiger partial charge in [0.25, 0.3) is 0 Å². The van der Waals surface area contributed by atoms with Gasteiger partial charge in [0.1, 0.15) is 12.7 Å². The minimum absolute atomic E-state index is 0.105. The van der Waals surface area contributed by atoms with Crippen LogP contribution in [-0.4, -0.2) is 66.5 Å². The summed E-state index contributed by atoms with van der Waals surface area (Å²) in [7, 11) is -4.77. The van der Waals surface area contributed by atoms with E-state index in [2.05, 4.69) is 130 Å². The first kappa shape index (κ1) is 66.1. The number of ether oxygens (including phenoxy) is 3. The number of phosphoric ester groups is 1. The van der Waals surface area contributed by atoms with Crippen LogP contribution >= 0.6 is 7.82 Å². The largest absolute Gasteiger partial charge is 0.472 e. The van der Waals surface area contributed by atoms with Crippen LogP contribution in [0.5, 0.6) is 0 Å². The Morgan fingerprint density at radius 2 is 0.743 bits per heavy atom.